The summed E-state index contributed by atoms with van der Waals surface area (Å²) in [5.41, 5.74) is 11.3. The van der Waals surface area contributed by atoms with E-state index in [2.05, 4.69) is 13.8 Å². The second-order valence-electron chi connectivity index (χ2n) is 9.91. The van der Waals surface area contributed by atoms with E-state index in [1.165, 1.54) is 0 Å². The monoisotopic (exact) mass is 610 g/mol. The maximum Gasteiger partial charge on any atom is 0.306 e. The van der Waals surface area contributed by atoms with Gasteiger partial charge in [0.25, 0.3) is 0 Å². The molecule has 0 fully saturated rings. The van der Waals surface area contributed by atoms with Gasteiger partial charge in [-0.2, -0.15) is 23.5 Å². The molecule has 238 valence electrons. The summed E-state index contributed by atoms with van der Waals surface area (Å²) in [7, 11) is 1.61. The first-order valence-electron chi connectivity index (χ1n) is 15.1. The molecule has 0 bridgehead atoms. The Balaban J connectivity index is 4.53. The largest absolute Gasteiger partial charge is 0.463 e. The van der Waals surface area contributed by atoms with Crippen molar-refractivity contribution < 1.29 is 33.6 Å². The Labute approximate surface area is 251 Å². The maximum absolute atomic E-state index is 12.6. The Kier molecular flexibility index (Phi) is 28.2. The zero-order chi connectivity index (χ0) is 29.8. The van der Waals surface area contributed by atoms with Gasteiger partial charge in [0.2, 0.25) is 0 Å². The zero-order valence-electron chi connectivity index (χ0n) is 25.3. The third-order valence-electron chi connectivity index (χ3n) is 6.53. The number of carbonyl (C=O) groups is 2. The van der Waals surface area contributed by atoms with Crippen LogP contribution in [-0.2, 0) is 28.5 Å². The molecule has 0 aromatic heterocycles. The summed E-state index contributed by atoms with van der Waals surface area (Å²) in [5.74, 6) is 1.35. The van der Waals surface area contributed by atoms with E-state index in [1.807, 2.05) is 23.5 Å². The molecule has 5 N–H and O–H groups in total. The first kappa shape index (κ1) is 39.4. The minimum absolute atomic E-state index is 0.217. The van der Waals surface area contributed by atoms with Gasteiger partial charge in [0.05, 0.1) is 25.9 Å². The Bertz CT molecular complexity index is 605. The Morgan fingerprint density at radius 1 is 0.750 bits per heavy atom. The summed E-state index contributed by atoms with van der Waals surface area (Å²) in [5, 5.41) is 11.4. The maximum atomic E-state index is 12.6. The normalized spacial score (nSPS) is 14.4. The highest BCUT2D eigenvalue weighted by molar-refractivity contribution is 8.00. The summed E-state index contributed by atoms with van der Waals surface area (Å²) in [6.45, 7) is 7.18. The molecule has 4 atom stereocenters. The van der Waals surface area contributed by atoms with Crippen LogP contribution >= 0.6 is 23.5 Å². The molecule has 4 unspecified atom stereocenters. The lowest BCUT2D eigenvalue weighted by Crippen LogP contribution is -2.21. The van der Waals surface area contributed by atoms with Crippen molar-refractivity contribution in [2.45, 2.75) is 114 Å². The van der Waals surface area contributed by atoms with Crippen LogP contribution in [0.1, 0.15) is 90.9 Å². The van der Waals surface area contributed by atoms with Gasteiger partial charge in [0, 0.05) is 55.0 Å². The van der Waals surface area contributed by atoms with E-state index < -0.39 is 6.10 Å². The number of hydrogen-bond donors (Lipinski definition) is 3. The van der Waals surface area contributed by atoms with Crippen molar-refractivity contribution in [2.75, 3.05) is 58.1 Å². The molecule has 0 aliphatic rings. The first-order chi connectivity index (χ1) is 19.4. The quantitative estimate of drug-likeness (QED) is 0.0823. The number of hydrogen-bond acceptors (Lipinski definition) is 11. The van der Waals surface area contributed by atoms with Crippen molar-refractivity contribution in [3.63, 3.8) is 0 Å². The Morgan fingerprint density at radius 3 is 1.93 bits per heavy atom. The molecule has 0 saturated carbocycles. The number of rotatable bonds is 29. The van der Waals surface area contributed by atoms with Gasteiger partial charge in [-0.25, -0.2) is 0 Å². The molecule has 11 heteroatoms. The molecule has 0 radical (unpaired) electrons. The number of nitrogens with two attached hydrogens (primary N) is 2. The molecule has 0 aromatic rings. The molecular weight excluding hydrogens is 552 g/mol. The van der Waals surface area contributed by atoms with Gasteiger partial charge < -0.3 is 35.5 Å². The molecule has 0 heterocycles. The third kappa shape index (κ3) is 24.1. The van der Waals surface area contributed by atoms with E-state index in [0.717, 1.165) is 50.0 Å². The van der Waals surface area contributed by atoms with Crippen molar-refractivity contribution in [1.82, 2.24) is 0 Å². The topological polar surface area (TPSA) is 143 Å². The molecule has 0 aromatic carbocycles. The second-order valence-corrected chi connectivity index (χ2v) is 12.7. The minimum Gasteiger partial charge on any atom is -0.463 e. The van der Waals surface area contributed by atoms with Gasteiger partial charge in [-0.05, 0) is 64.2 Å². The van der Waals surface area contributed by atoms with Crippen LogP contribution in [0.3, 0.4) is 0 Å². The molecule has 0 aliphatic carbocycles. The lowest BCUT2D eigenvalue weighted by Gasteiger charge is -2.21. The van der Waals surface area contributed by atoms with Crippen LogP contribution in [-0.4, -0.2) is 97.9 Å². The number of aliphatic hydroxyl groups is 1. The average Bonchev–Trinajstić information content (AvgIpc) is 2.94. The number of aliphatic hydroxyl groups excluding tert-OH is 1. The molecule has 0 rings (SSSR count). The summed E-state index contributed by atoms with van der Waals surface area (Å²) in [6, 6.07) is 0. The standard InChI is InChI=1S/C29H58N2O7S2/c1-4-26(39-22-16-30)14-12-24(32)8-6-11-29(34)38-25(13-15-27(5-2)40-23-17-31)9-7-10-28(33)37-21-20-36-19-18-35-3/h24-27,32H,4-23,30-31H2,1-3H3. The molecule has 9 nitrogen and oxygen atoms in total. The minimum atomic E-state index is -0.405. The van der Waals surface area contributed by atoms with Gasteiger partial charge in [0.15, 0.2) is 0 Å². The number of thioether (sulfide) groups is 2. The smallest absolute Gasteiger partial charge is 0.306 e. The highest BCUT2D eigenvalue weighted by atomic mass is 32.2. The van der Waals surface area contributed by atoms with Crippen molar-refractivity contribution in [3.05, 3.63) is 0 Å². The number of methoxy groups -OCH3 is 1. The van der Waals surface area contributed by atoms with Gasteiger partial charge in [0.1, 0.15) is 12.7 Å². The van der Waals surface area contributed by atoms with E-state index >= 15 is 0 Å². The fraction of sp³-hybridized carbons (Fsp3) is 0.931. The van der Waals surface area contributed by atoms with E-state index in [9.17, 15) is 14.7 Å². The fourth-order valence-corrected chi connectivity index (χ4v) is 6.18. The fourth-order valence-electron chi connectivity index (χ4n) is 4.17. The van der Waals surface area contributed by atoms with Crippen LogP contribution in [0, 0.1) is 0 Å². The molecule has 0 aliphatic heterocycles. The van der Waals surface area contributed by atoms with Crippen LogP contribution in [0.15, 0.2) is 0 Å². The molecular formula is C29H58N2O7S2. The van der Waals surface area contributed by atoms with Crippen molar-refractivity contribution in [1.29, 1.82) is 0 Å². The Morgan fingerprint density at radius 2 is 1.32 bits per heavy atom. The van der Waals surface area contributed by atoms with Crippen LogP contribution in [0.2, 0.25) is 0 Å². The van der Waals surface area contributed by atoms with Crippen LogP contribution < -0.4 is 11.5 Å². The van der Waals surface area contributed by atoms with Crippen LogP contribution in [0.4, 0.5) is 0 Å². The van der Waals surface area contributed by atoms with Crippen molar-refractivity contribution in [3.8, 4) is 0 Å². The highest BCUT2D eigenvalue weighted by Gasteiger charge is 2.19. The third-order valence-corrected chi connectivity index (χ3v) is 9.56. The number of ether oxygens (including phenoxy) is 4. The first-order valence-corrected chi connectivity index (χ1v) is 17.2. The Hall–Kier alpha value is -0.560. The van der Waals surface area contributed by atoms with Crippen molar-refractivity contribution >= 4 is 35.5 Å². The van der Waals surface area contributed by atoms with E-state index in [0.29, 0.717) is 69.1 Å². The van der Waals surface area contributed by atoms with Crippen LogP contribution in [0.25, 0.3) is 0 Å². The van der Waals surface area contributed by atoms with Gasteiger partial charge in [-0.1, -0.05) is 13.8 Å². The van der Waals surface area contributed by atoms with Crippen molar-refractivity contribution in [2.24, 2.45) is 11.5 Å². The van der Waals surface area contributed by atoms with Gasteiger partial charge in [-0.15, -0.1) is 0 Å². The number of carbonyl (C=O) groups excluding carboxylic acids is 2. The molecule has 0 saturated heterocycles. The molecule has 40 heavy (non-hydrogen) atoms. The second kappa shape index (κ2) is 28.6. The predicted octanol–water partition coefficient (Wildman–Crippen LogP) is 4.31. The number of esters is 2. The molecule has 0 spiro atoms. The summed E-state index contributed by atoms with van der Waals surface area (Å²) < 4.78 is 21.3. The average molecular weight is 611 g/mol. The predicted molar refractivity (Wildman–Crippen MR) is 167 cm³/mol. The lowest BCUT2D eigenvalue weighted by molar-refractivity contribution is -0.150. The van der Waals surface area contributed by atoms with E-state index in [4.69, 9.17) is 30.4 Å². The zero-order valence-corrected chi connectivity index (χ0v) is 27.0. The molecule has 0 amide bonds. The van der Waals surface area contributed by atoms with E-state index in [1.54, 1.807) is 7.11 Å². The lowest BCUT2D eigenvalue weighted by atomic mass is 10.0. The van der Waals surface area contributed by atoms with Gasteiger partial charge in [-0.3, -0.25) is 9.59 Å². The summed E-state index contributed by atoms with van der Waals surface area (Å²) in [6.07, 6.45) is 7.80. The summed E-state index contributed by atoms with van der Waals surface area (Å²) >= 11 is 3.73. The van der Waals surface area contributed by atoms with E-state index in [-0.39, 0.29) is 37.5 Å². The SMILES string of the molecule is CCC(CCC(O)CCCC(=O)OC(CCCC(=O)OCCOCCOC)CCC(CC)SCCN)SCCN. The van der Waals surface area contributed by atoms with Gasteiger partial charge >= 0.3 is 11.9 Å². The highest BCUT2D eigenvalue weighted by Crippen LogP contribution is 2.24. The summed E-state index contributed by atoms with van der Waals surface area (Å²) in [4.78, 5) is 24.7. The van der Waals surface area contributed by atoms with Crippen LogP contribution in [0.5, 0.6) is 0 Å².